The van der Waals surface area contributed by atoms with Crippen molar-refractivity contribution >= 4 is 55.4 Å². The third-order valence-corrected chi connectivity index (χ3v) is 9.80. The number of aliphatic imine (C=N–C) groups is 2. The number of benzene rings is 6. The zero-order valence-electron chi connectivity index (χ0n) is 28.5. The SMILES string of the molecule is C/C=C\C=C(/CC)C1=NC(c2ccc3c(c2)oc2cccc(-c4ccccc4)c23)=NC(c2ccc(-n3c4ccccc4c4ccccc43)cc2)N1. The van der Waals surface area contributed by atoms with Crippen molar-refractivity contribution < 1.29 is 4.42 Å². The molecule has 1 atom stereocenters. The van der Waals surface area contributed by atoms with Crippen LogP contribution < -0.4 is 5.32 Å². The second-order valence-corrected chi connectivity index (χ2v) is 12.9. The first-order chi connectivity index (χ1) is 25.2. The topological polar surface area (TPSA) is 54.8 Å². The summed E-state index contributed by atoms with van der Waals surface area (Å²) in [7, 11) is 0. The van der Waals surface area contributed by atoms with Crippen LogP contribution in [0.3, 0.4) is 0 Å². The van der Waals surface area contributed by atoms with Gasteiger partial charge in [-0.25, -0.2) is 9.98 Å². The van der Waals surface area contributed by atoms with Gasteiger partial charge in [-0.2, -0.15) is 0 Å². The minimum Gasteiger partial charge on any atom is -0.456 e. The summed E-state index contributed by atoms with van der Waals surface area (Å²) in [6.45, 7) is 4.19. The van der Waals surface area contributed by atoms with Gasteiger partial charge in [0.15, 0.2) is 5.84 Å². The Morgan fingerprint density at radius 3 is 2.18 bits per heavy atom. The van der Waals surface area contributed by atoms with Crippen molar-refractivity contribution in [1.29, 1.82) is 0 Å². The average molecular weight is 661 g/mol. The summed E-state index contributed by atoms with van der Waals surface area (Å²) in [6, 6.07) is 49.0. The third kappa shape index (κ3) is 5.35. The molecule has 0 bridgehead atoms. The number of nitrogens with zero attached hydrogens (tertiary/aromatic N) is 3. The molecule has 8 aromatic rings. The van der Waals surface area contributed by atoms with E-state index in [-0.39, 0.29) is 6.17 Å². The molecule has 3 heterocycles. The quantitative estimate of drug-likeness (QED) is 0.173. The molecule has 0 radical (unpaired) electrons. The molecule has 0 fully saturated rings. The van der Waals surface area contributed by atoms with E-state index in [4.69, 9.17) is 14.4 Å². The molecule has 0 saturated carbocycles. The van der Waals surface area contributed by atoms with Crippen molar-refractivity contribution in [2.75, 3.05) is 0 Å². The molecule has 2 aromatic heterocycles. The lowest BCUT2D eigenvalue weighted by Crippen LogP contribution is -2.34. The first-order valence-corrected chi connectivity index (χ1v) is 17.5. The molecule has 0 saturated heterocycles. The predicted octanol–water partition coefficient (Wildman–Crippen LogP) is 11.7. The van der Waals surface area contributed by atoms with Crippen LogP contribution in [0.5, 0.6) is 0 Å². The van der Waals surface area contributed by atoms with Gasteiger partial charge >= 0.3 is 0 Å². The highest BCUT2D eigenvalue weighted by molar-refractivity contribution is 6.17. The number of aromatic nitrogens is 1. The largest absolute Gasteiger partial charge is 0.456 e. The number of para-hydroxylation sites is 2. The summed E-state index contributed by atoms with van der Waals surface area (Å²) in [6.07, 6.45) is 6.74. The molecule has 0 amide bonds. The Morgan fingerprint density at radius 1 is 0.725 bits per heavy atom. The van der Waals surface area contributed by atoms with E-state index in [1.165, 1.54) is 27.4 Å². The highest BCUT2D eigenvalue weighted by atomic mass is 16.3. The molecule has 51 heavy (non-hydrogen) atoms. The van der Waals surface area contributed by atoms with E-state index in [1.807, 2.05) is 25.1 Å². The fourth-order valence-electron chi connectivity index (χ4n) is 7.32. The Balaban J connectivity index is 1.13. The molecule has 9 rings (SSSR count). The lowest BCUT2D eigenvalue weighted by Gasteiger charge is -2.24. The second kappa shape index (κ2) is 12.8. The number of nitrogens with one attached hydrogen (secondary N) is 1. The smallest absolute Gasteiger partial charge is 0.159 e. The first kappa shape index (κ1) is 30.6. The highest BCUT2D eigenvalue weighted by Gasteiger charge is 2.23. The number of amidine groups is 2. The lowest BCUT2D eigenvalue weighted by atomic mass is 9.99. The van der Waals surface area contributed by atoms with Gasteiger partial charge in [0.1, 0.15) is 23.2 Å². The Hall–Kier alpha value is -6.46. The van der Waals surface area contributed by atoms with Crippen LogP contribution in [-0.4, -0.2) is 16.2 Å². The molecule has 5 nitrogen and oxygen atoms in total. The molecule has 6 aromatic carbocycles. The number of furan rings is 1. The van der Waals surface area contributed by atoms with Gasteiger partial charge in [0.2, 0.25) is 0 Å². The van der Waals surface area contributed by atoms with E-state index in [0.29, 0.717) is 5.84 Å². The monoisotopic (exact) mass is 660 g/mol. The summed E-state index contributed by atoms with van der Waals surface area (Å²) in [5.41, 5.74) is 10.6. The highest BCUT2D eigenvalue weighted by Crippen LogP contribution is 2.38. The van der Waals surface area contributed by atoms with Gasteiger partial charge in [-0.05, 0) is 78.1 Å². The van der Waals surface area contributed by atoms with Crippen molar-refractivity contribution in [1.82, 2.24) is 9.88 Å². The lowest BCUT2D eigenvalue weighted by molar-refractivity contribution is 0.667. The fraction of sp³-hybridized carbons (Fsp3) is 0.0870. The zero-order valence-corrected chi connectivity index (χ0v) is 28.5. The van der Waals surface area contributed by atoms with Crippen molar-refractivity contribution in [3.8, 4) is 16.8 Å². The van der Waals surface area contributed by atoms with Crippen molar-refractivity contribution in [2.24, 2.45) is 9.98 Å². The normalized spacial score (nSPS) is 15.2. The Bertz CT molecular complexity index is 2650. The van der Waals surface area contributed by atoms with Gasteiger partial charge < -0.3 is 14.3 Å². The Morgan fingerprint density at radius 2 is 1.45 bits per heavy atom. The Labute approximate surface area is 296 Å². The Kier molecular flexibility index (Phi) is 7.66. The van der Waals surface area contributed by atoms with Gasteiger partial charge in [0.25, 0.3) is 0 Å². The van der Waals surface area contributed by atoms with Crippen LogP contribution in [0.4, 0.5) is 0 Å². The van der Waals surface area contributed by atoms with E-state index in [2.05, 4.69) is 156 Å². The van der Waals surface area contributed by atoms with Crippen LogP contribution in [0.2, 0.25) is 0 Å². The van der Waals surface area contributed by atoms with E-state index in [9.17, 15) is 0 Å². The molecular formula is C46H36N4O. The van der Waals surface area contributed by atoms with Crippen molar-refractivity contribution in [3.05, 3.63) is 174 Å². The van der Waals surface area contributed by atoms with E-state index in [0.717, 1.165) is 62.1 Å². The molecule has 5 heteroatoms. The van der Waals surface area contributed by atoms with Gasteiger partial charge in [0.05, 0.1) is 11.0 Å². The van der Waals surface area contributed by atoms with E-state index < -0.39 is 0 Å². The number of fused-ring (bicyclic) bond motifs is 6. The van der Waals surface area contributed by atoms with Crippen LogP contribution in [0.1, 0.15) is 37.6 Å². The van der Waals surface area contributed by atoms with Crippen molar-refractivity contribution in [2.45, 2.75) is 26.4 Å². The number of hydrogen-bond acceptors (Lipinski definition) is 4. The maximum atomic E-state index is 6.47. The second-order valence-electron chi connectivity index (χ2n) is 12.9. The van der Waals surface area contributed by atoms with Crippen LogP contribution in [0.15, 0.2) is 178 Å². The molecule has 246 valence electrons. The number of hydrogen-bond donors (Lipinski definition) is 1. The first-order valence-electron chi connectivity index (χ1n) is 17.5. The number of allylic oxidation sites excluding steroid dienone is 3. The zero-order chi connectivity index (χ0) is 34.3. The van der Waals surface area contributed by atoms with Crippen LogP contribution in [-0.2, 0) is 0 Å². The maximum Gasteiger partial charge on any atom is 0.159 e. The predicted molar refractivity (Wildman–Crippen MR) is 213 cm³/mol. The van der Waals surface area contributed by atoms with Crippen LogP contribution >= 0.6 is 0 Å². The fourth-order valence-corrected chi connectivity index (χ4v) is 7.32. The molecule has 1 aliphatic rings. The summed E-state index contributed by atoms with van der Waals surface area (Å²) < 4.78 is 8.81. The van der Waals surface area contributed by atoms with Crippen LogP contribution in [0.25, 0.3) is 60.6 Å². The molecular weight excluding hydrogens is 625 g/mol. The van der Waals surface area contributed by atoms with Gasteiger partial charge in [-0.3, -0.25) is 0 Å². The standard InChI is InChI=1S/C46H36N4O/c1-3-5-14-30(4-2)44-47-45(32-23-26-34(27-24-32)50-39-20-11-9-17-36(39)37-18-10-12-21-40(37)50)49-46(48-44)33-25-28-38-42(29-33)51-41-22-13-19-35(43(38)41)31-15-7-6-8-16-31/h3,5-29,45H,4H2,1-2H3,(H,47,48,49)/b5-3-,30-14+. The minimum absolute atomic E-state index is 0.323. The van der Waals surface area contributed by atoms with Gasteiger partial charge in [0, 0.05) is 32.8 Å². The summed E-state index contributed by atoms with van der Waals surface area (Å²) in [5, 5.41) is 8.35. The van der Waals surface area contributed by atoms with Gasteiger partial charge in [-0.1, -0.05) is 122 Å². The van der Waals surface area contributed by atoms with E-state index in [1.54, 1.807) is 0 Å². The van der Waals surface area contributed by atoms with Crippen molar-refractivity contribution in [3.63, 3.8) is 0 Å². The average Bonchev–Trinajstić information content (AvgIpc) is 3.74. The number of rotatable bonds is 7. The summed E-state index contributed by atoms with van der Waals surface area (Å²) >= 11 is 0. The van der Waals surface area contributed by atoms with E-state index >= 15 is 0 Å². The molecule has 0 aliphatic carbocycles. The van der Waals surface area contributed by atoms with Gasteiger partial charge in [-0.15, -0.1) is 0 Å². The molecule has 1 unspecified atom stereocenters. The summed E-state index contributed by atoms with van der Waals surface area (Å²) in [4.78, 5) is 10.3. The molecule has 0 spiro atoms. The molecule has 1 aliphatic heterocycles. The minimum atomic E-state index is -0.323. The third-order valence-electron chi connectivity index (χ3n) is 9.80. The maximum absolute atomic E-state index is 6.47. The molecule has 1 N–H and O–H groups in total. The van der Waals surface area contributed by atoms with Crippen LogP contribution in [0, 0.1) is 0 Å². The summed E-state index contributed by atoms with van der Waals surface area (Å²) in [5.74, 6) is 1.50.